The van der Waals surface area contributed by atoms with Crippen molar-refractivity contribution in [3.63, 3.8) is 0 Å². The van der Waals surface area contributed by atoms with Crippen LogP contribution < -0.4 is 20.1 Å². The number of ether oxygens (including phenoxy) is 2. The van der Waals surface area contributed by atoms with Gasteiger partial charge in [0.05, 0.1) is 19.4 Å². The van der Waals surface area contributed by atoms with Crippen LogP contribution in [0.4, 0.5) is 5.69 Å². The molecule has 2 aromatic carbocycles. The lowest BCUT2D eigenvalue weighted by Crippen LogP contribution is -2.22. The fourth-order valence-corrected chi connectivity index (χ4v) is 2.81. The average Bonchev–Trinajstić information content (AvgIpc) is 2.89. The number of aliphatic imine (C=N–C) groups is 1. The lowest BCUT2D eigenvalue weighted by atomic mass is 10.1. The molecule has 0 saturated heterocycles. The molecule has 0 aliphatic carbocycles. The van der Waals surface area contributed by atoms with Crippen molar-refractivity contribution in [2.24, 2.45) is 10.7 Å². The number of carbonyl (C=O) groups is 1. The maximum Gasteiger partial charge on any atom is 0.223 e. The molecule has 0 unspecified atom stereocenters. The molecule has 1 aliphatic heterocycles. The Morgan fingerprint density at radius 2 is 2.07 bits per heavy atom. The minimum atomic E-state index is -0.0342. The second-order valence-electron chi connectivity index (χ2n) is 6.27. The van der Waals surface area contributed by atoms with E-state index < -0.39 is 0 Å². The monoisotopic (exact) mass is 365 g/mol. The van der Waals surface area contributed by atoms with E-state index in [-0.39, 0.29) is 5.91 Å². The highest BCUT2D eigenvalue weighted by atomic mass is 16.5. The number of fused-ring (bicyclic) bond motifs is 1. The van der Waals surface area contributed by atoms with Crippen molar-refractivity contribution in [3.8, 4) is 11.5 Å². The second-order valence-corrected chi connectivity index (χ2v) is 6.27. The molecule has 6 nitrogen and oxygen atoms in total. The van der Waals surface area contributed by atoms with Crippen LogP contribution in [0, 0.1) is 0 Å². The molecule has 0 fully saturated rings. The SMILES string of the molecule is COc1ccccc1/C(N)=C/C1=NCc2ccc(N(C)C(C)=O)cc2OC1. The number of hydrogen-bond acceptors (Lipinski definition) is 5. The van der Waals surface area contributed by atoms with Gasteiger partial charge in [-0.15, -0.1) is 0 Å². The van der Waals surface area contributed by atoms with E-state index in [4.69, 9.17) is 15.2 Å². The first-order valence-corrected chi connectivity index (χ1v) is 8.63. The van der Waals surface area contributed by atoms with Crippen LogP contribution in [0.2, 0.25) is 0 Å². The average molecular weight is 365 g/mol. The molecule has 1 aliphatic rings. The van der Waals surface area contributed by atoms with Crippen molar-refractivity contribution in [2.75, 3.05) is 25.7 Å². The predicted molar refractivity (Wildman–Crippen MR) is 107 cm³/mol. The normalized spacial score (nSPS) is 13.7. The summed E-state index contributed by atoms with van der Waals surface area (Å²) < 4.78 is 11.3. The minimum Gasteiger partial charge on any atom is -0.496 e. The number of anilines is 1. The third-order valence-corrected chi connectivity index (χ3v) is 4.48. The highest BCUT2D eigenvalue weighted by Gasteiger charge is 2.14. The van der Waals surface area contributed by atoms with Gasteiger partial charge in [-0.2, -0.15) is 0 Å². The summed E-state index contributed by atoms with van der Waals surface area (Å²) in [6.07, 6.45) is 1.81. The van der Waals surface area contributed by atoms with Crippen LogP contribution in [-0.2, 0) is 11.3 Å². The lowest BCUT2D eigenvalue weighted by molar-refractivity contribution is -0.116. The molecule has 2 aromatic rings. The largest absolute Gasteiger partial charge is 0.496 e. The quantitative estimate of drug-likeness (QED) is 0.903. The van der Waals surface area contributed by atoms with E-state index in [1.54, 1.807) is 19.1 Å². The van der Waals surface area contributed by atoms with Crippen LogP contribution in [0.1, 0.15) is 18.1 Å². The summed E-state index contributed by atoms with van der Waals surface area (Å²) in [5.41, 5.74) is 10.1. The molecule has 3 rings (SSSR count). The Morgan fingerprint density at radius 3 is 2.81 bits per heavy atom. The fourth-order valence-electron chi connectivity index (χ4n) is 2.81. The zero-order chi connectivity index (χ0) is 19.4. The number of benzene rings is 2. The van der Waals surface area contributed by atoms with Crippen LogP contribution in [0.3, 0.4) is 0 Å². The highest BCUT2D eigenvalue weighted by Crippen LogP contribution is 2.28. The molecule has 140 valence electrons. The van der Waals surface area contributed by atoms with E-state index in [2.05, 4.69) is 4.99 Å². The summed E-state index contributed by atoms with van der Waals surface area (Å²) in [6, 6.07) is 13.3. The van der Waals surface area contributed by atoms with Gasteiger partial charge in [0.25, 0.3) is 0 Å². The first kappa shape index (κ1) is 18.5. The molecule has 2 N–H and O–H groups in total. The molecule has 0 saturated carbocycles. The molecule has 27 heavy (non-hydrogen) atoms. The Kier molecular flexibility index (Phi) is 5.45. The number of para-hydroxylation sites is 1. The van der Waals surface area contributed by atoms with Crippen molar-refractivity contribution in [1.82, 2.24) is 0 Å². The number of amides is 1. The van der Waals surface area contributed by atoms with Crippen LogP contribution >= 0.6 is 0 Å². The molecular weight excluding hydrogens is 342 g/mol. The van der Waals surface area contributed by atoms with Crippen molar-refractivity contribution in [1.29, 1.82) is 0 Å². The Labute approximate surface area is 158 Å². The van der Waals surface area contributed by atoms with Gasteiger partial charge in [-0.05, 0) is 24.3 Å². The summed E-state index contributed by atoms with van der Waals surface area (Å²) in [5, 5.41) is 0. The number of nitrogens with two attached hydrogens (primary N) is 1. The van der Waals surface area contributed by atoms with E-state index in [0.717, 1.165) is 28.3 Å². The maximum absolute atomic E-state index is 11.6. The van der Waals surface area contributed by atoms with Gasteiger partial charge in [-0.1, -0.05) is 18.2 Å². The van der Waals surface area contributed by atoms with E-state index in [1.165, 1.54) is 6.92 Å². The second kappa shape index (κ2) is 7.95. The minimum absolute atomic E-state index is 0.0342. The van der Waals surface area contributed by atoms with Crippen molar-refractivity contribution in [3.05, 3.63) is 59.7 Å². The molecule has 0 atom stereocenters. The zero-order valence-corrected chi connectivity index (χ0v) is 15.7. The molecule has 0 bridgehead atoms. The smallest absolute Gasteiger partial charge is 0.223 e. The van der Waals surface area contributed by atoms with E-state index >= 15 is 0 Å². The van der Waals surface area contributed by atoms with Gasteiger partial charge in [0.2, 0.25) is 5.91 Å². The fraction of sp³-hybridized carbons (Fsp3) is 0.238. The van der Waals surface area contributed by atoms with Crippen LogP contribution in [0.25, 0.3) is 5.70 Å². The van der Waals surface area contributed by atoms with Gasteiger partial charge in [0.15, 0.2) is 0 Å². The molecule has 1 amide bonds. The van der Waals surface area contributed by atoms with Gasteiger partial charge in [0.1, 0.15) is 18.1 Å². The Morgan fingerprint density at radius 1 is 1.30 bits per heavy atom. The van der Waals surface area contributed by atoms with Crippen molar-refractivity contribution in [2.45, 2.75) is 13.5 Å². The molecule has 0 radical (unpaired) electrons. The zero-order valence-electron chi connectivity index (χ0n) is 15.7. The third-order valence-electron chi connectivity index (χ3n) is 4.48. The summed E-state index contributed by atoms with van der Waals surface area (Å²) >= 11 is 0. The summed E-state index contributed by atoms with van der Waals surface area (Å²) in [5.74, 6) is 1.40. The Balaban J connectivity index is 1.81. The predicted octanol–water partition coefficient (Wildman–Crippen LogP) is 3.01. The molecule has 6 heteroatoms. The molecule has 1 heterocycles. The number of methoxy groups -OCH3 is 1. The van der Waals surface area contributed by atoms with E-state index in [0.29, 0.717) is 24.6 Å². The third kappa shape index (κ3) is 4.11. The van der Waals surface area contributed by atoms with Crippen LogP contribution in [0.5, 0.6) is 11.5 Å². The highest BCUT2D eigenvalue weighted by molar-refractivity contribution is 6.02. The van der Waals surface area contributed by atoms with E-state index in [9.17, 15) is 4.79 Å². The number of hydrogen-bond donors (Lipinski definition) is 1. The lowest BCUT2D eigenvalue weighted by Gasteiger charge is -2.17. The van der Waals surface area contributed by atoms with Gasteiger partial charge in [0, 0.05) is 42.5 Å². The van der Waals surface area contributed by atoms with Crippen molar-refractivity contribution >= 4 is 23.0 Å². The number of rotatable bonds is 4. The maximum atomic E-state index is 11.6. The summed E-state index contributed by atoms with van der Waals surface area (Å²) in [6.45, 7) is 2.32. The first-order chi connectivity index (χ1) is 13.0. The molecule has 0 spiro atoms. The summed E-state index contributed by atoms with van der Waals surface area (Å²) in [4.78, 5) is 17.8. The van der Waals surface area contributed by atoms with Gasteiger partial charge in [-0.3, -0.25) is 9.79 Å². The first-order valence-electron chi connectivity index (χ1n) is 8.63. The van der Waals surface area contributed by atoms with E-state index in [1.807, 2.05) is 48.5 Å². The van der Waals surface area contributed by atoms with Gasteiger partial charge >= 0.3 is 0 Å². The van der Waals surface area contributed by atoms with Gasteiger partial charge in [-0.25, -0.2) is 0 Å². The van der Waals surface area contributed by atoms with Gasteiger partial charge < -0.3 is 20.1 Å². The summed E-state index contributed by atoms with van der Waals surface area (Å²) in [7, 11) is 3.35. The molecule has 0 aromatic heterocycles. The van der Waals surface area contributed by atoms with Crippen molar-refractivity contribution < 1.29 is 14.3 Å². The number of carbonyl (C=O) groups excluding carboxylic acids is 1. The Hall–Kier alpha value is -3.28. The topological polar surface area (TPSA) is 77.2 Å². The Bertz CT molecular complexity index is 919. The number of nitrogens with zero attached hydrogens (tertiary/aromatic N) is 2. The van der Waals surface area contributed by atoms with Crippen LogP contribution in [0.15, 0.2) is 53.5 Å². The molecular formula is C21H23N3O3. The standard InChI is InChI=1S/C21H23N3O3/c1-14(25)24(2)17-9-8-15-12-23-16(13-27-21(15)11-17)10-19(22)18-6-4-5-7-20(18)26-3/h4-11H,12-13,22H2,1-3H3/b19-10-. The van der Waals surface area contributed by atoms with Crippen LogP contribution in [-0.4, -0.2) is 32.4 Å².